The SMILES string of the molecule is CCNC(Cc1ccc(Cl)c(Cl)c1)c1cccnc1OC. The molecule has 2 aromatic rings. The van der Waals surface area contributed by atoms with Crippen molar-refractivity contribution in [1.82, 2.24) is 10.3 Å². The number of ether oxygens (including phenoxy) is 1. The summed E-state index contributed by atoms with van der Waals surface area (Å²) < 4.78 is 5.35. The highest BCUT2D eigenvalue weighted by Crippen LogP contribution is 2.28. The predicted octanol–water partition coefficient (Wildman–Crippen LogP) is 4.29. The van der Waals surface area contributed by atoms with Crippen LogP contribution in [-0.4, -0.2) is 18.6 Å². The standard InChI is InChI=1S/C16H18Cl2N2O/c1-3-19-15(12-5-4-8-20-16(12)21-2)10-11-6-7-13(17)14(18)9-11/h4-9,15,19H,3,10H2,1-2H3. The fourth-order valence-corrected chi connectivity index (χ4v) is 2.60. The molecule has 5 heteroatoms. The number of methoxy groups -OCH3 is 1. The van der Waals surface area contributed by atoms with Crippen LogP contribution in [0, 0.1) is 0 Å². The van der Waals surface area contributed by atoms with Crippen LogP contribution in [0.15, 0.2) is 36.5 Å². The second-order valence-corrected chi connectivity index (χ2v) is 5.48. The van der Waals surface area contributed by atoms with Gasteiger partial charge in [-0.1, -0.05) is 42.3 Å². The summed E-state index contributed by atoms with van der Waals surface area (Å²) in [6, 6.07) is 9.76. The molecule has 0 aliphatic rings. The minimum atomic E-state index is 0.107. The molecular weight excluding hydrogens is 307 g/mol. The van der Waals surface area contributed by atoms with Gasteiger partial charge in [-0.15, -0.1) is 0 Å². The van der Waals surface area contributed by atoms with Gasteiger partial charge in [0.1, 0.15) is 0 Å². The van der Waals surface area contributed by atoms with Crippen molar-refractivity contribution in [3.63, 3.8) is 0 Å². The van der Waals surface area contributed by atoms with Crippen molar-refractivity contribution < 1.29 is 4.74 Å². The number of nitrogens with zero attached hydrogens (tertiary/aromatic N) is 1. The highest BCUT2D eigenvalue weighted by atomic mass is 35.5. The molecule has 1 aromatic heterocycles. The van der Waals surface area contributed by atoms with E-state index < -0.39 is 0 Å². The van der Waals surface area contributed by atoms with Gasteiger partial charge in [0, 0.05) is 17.8 Å². The zero-order valence-corrected chi connectivity index (χ0v) is 13.6. The van der Waals surface area contributed by atoms with Gasteiger partial charge in [-0.3, -0.25) is 0 Å². The number of hydrogen-bond acceptors (Lipinski definition) is 3. The average Bonchev–Trinajstić information content (AvgIpc) is 2.50. The molecule has 1 aromatic carbocycles. The van der Waals surface area contributed by atoms with E-state index >= 15 is 0 Å². The van der Waals surface area contributed by atoms with Gasteiger partial charge in [0.05, 0.1) is 17.2 Å². The molecule has 0 saturated carbocycles. The number of pyridine rings is 1. The summed E-state index contributed by atoms with van der Waals surface area (Å²) >= 11 is 12.1. The van der Waals surface area contributed by atoms with Gasteiger partial charge >= 0.3 is 0 Å². The van der Waals surface area contributed by atoms with Gasteiger partial charge in [0.2, 0.25) is 5.88 Å². The summed E-state index contributed by atoms with van der Waals surface area (Å²) in [5.41, 5.74) is 2.15. The third kappa shape index (κ3) is 4.10. The number of nitrogens with one attached hydrogen (secondary N) is 1. The minimum Gasteiger partial charge on any atom is -0.481 e. The molecule has 0 fully saturated rings. The number of halogens is 2. The Kier molecular flexibility index (Phi) is 5.85. The van der Waals surface area contributed by atoms with Crippen molar-refractivity contribution in [2.75, 3.05) is 13.7 Å². The van der Waals surface area contributed by atoms with E-state index in [9.17, 15) is 0 Å². The molecule has 0 aliphatic carbocycles. The summed E-state index contributed by atoms with van der Waals surface area (Å²) in [5, 5.41) is 4.60. The molecule has 0 bridgehead atoms. The number of rotatable bonds is 6. The summed E-state index contributed by atoms with van der Waals surface area (Å²) in [6.45, 7) is 2.93. The van der Waals surface area contributed by atoms with Gasteiger partial charge in [-0.05, 0) is 36.7 Å². The van der Waals surface area contributed by atoms with E-state index in [0.29, 0.717) is 15.9 Å². The number of aromatic nitrogens is 1. The minimum absolute atomic E-state index is 0.107. The summed E-state index contributed by atoms with van der Waals surface area (Å²) in [6.07, 6.45) is 2.51. The molecule has 1 heterocycles. The van der Waals surface area contributed by atoms with Crippen LogP contribution in [0.5, 0.6) is 5.88 Å². The number of benzene rings is 1. The Morgan fingerprint density at radius 3 is 2.71 bits per heavy atom. The van der Waals surface area contributed by atoms with Crippen LogP contribution in [-0.2, 0) is 6.42 Å². The van der Waals surface area contributed by atoms with E-state index in [4.69, 9.17) is 27.9 Å². The Morgan fingerprint density at radius 1 is 1.24 bits per heavy atom. The van der Waals surface area contributed by atoms with Gasteiger partial charge in [0.15, 0.2) is 0 Å². The Morgan fingerprint density at radius 2 is 2.05 bits per heavy atom. The van der Waals surface area contributed by atoms with Gasteiger partial charge < -0.3 is 10.1 Å². The lowest BCUT2D eigenvalue weighted by Gasteiger charge is -2.20. The topological polar surface area (TPSA) is 34.2 Å². The molecular formula is C16H18Cl2N2O. The van der Waals surface area contributed by atoms with E-state index in [2.05, 4.69) is 17.2 Å². The first-order valence-corrected chi connectivity index (χ1v) is 7.57. The molecule has 2 rings (SSSR count). The van der Waals surface area contributed by atoms with Crippen molar-refractivity contribution >= 4 is 23.2 Å². The summed E-state index contributed by atoms with van der Waals surface area (Å²) in [4.78, 5) is 4.26. The highest BCUT2D eigenvalue weighted by Gasteiger charge is 2.17. The van der Waals surface area contributed by atoms with Crippen LogP contribution in [0.1, 0.15) is 24.1 Å². The molecule has 0 aliphatic heterocycles. The maximum atomic E-state index is 6.09. The molecule has 1 atom stereocenters. The van der Waals surface area contributed by atoms with E-state index in [0.717, 1.165) is 24.1 Å². The molecule has 1 N–H and O–H groups in total. The third-order valence-electron chi connectivity index (χ3n) is 3.24. The van der Waals surface area contributed by atoms with Crippen LogP contribution < -0.4 is 10.1 Å². The largest absolute Gasteiger partial charge is 0.481 e. The van der Waals surface area contributed by atoms with Crippen molar-refractivity contribution in [2.24, 2.45) is 0 Å². The maximum Gasteiger partial charge on any atom is 0.217 e. The lowest BCUT2D eigenvalue weighted by molar-refractivity contribution is 0.382. The quantitative estimate of drug-likeness (QED) is 0.860. The first-order chi connectivity index (χ1) is 10.2. The van der Waals surface area contributed by atoms with Crippen LogP contribution in [0.2, 0.25) is 10.0 Å². The fraction of sp³-hybridized carbons (Fsp3) is 0.312. The summed E-state index contributed by atoms with van der Waals surface area (Å²) in [5.74, 6) is 0.642. The Bertz CT molecular complexity index is 605. The van der Waals surface area contributed by atoms with Crippen LogP contribution in [0.4, 0.5) is 0 Å². The van der Waals surface area contributed by atoms with Crippen LogP contribution in [0.3, 0.4) is 0 Å². The van der Waals surface area contributed by atoms with Crippen molar-refractivity contribution in [3.05, 3.63) is 57.7 Å². The van der Waals surface area contributed by atoms with E-state index in [1.807, 2.05) is 30.3 Å². The average molecular weight is 325 g/mol. The van der Waals surface area contributed by atoms with Crippen molar-refractivity contribution in [1.29, 1.82) is 0 Å². The molecule has 0 amide bonds. The van der Waals surface area contributed by atoms with Crippen LogP contribution in [0.25, 0.3) is 0 Å². The van der Waals surface area contributed by atoms with Gasteiger partial charge in [-0.25, -0.2) is 4.98 Å². The fourth-order valence-electron chi connectivity index (χ4n) is 2.28. The number of hydrogen-bond donors (Lipinski definition) is 1. The van der Waals surface area contributed by atoms with Crippen molar-refractivity contribution in [3.8, 4) is 5.88 Å². The first-order valence-electron chi connectivity index (χ1n) is 6.82. The molecule has 1 unspecified atom stereocenters. The predicted molar refractivity (Wildman–Crippen MR) is 87.4 cm³/mol. The second-order valence-electron chi connectivity index (χ2n) is 4.66. The first kappa shape index (κ1) is 16.1. The van der Waals surface area contributed by atoms with Crippen molar-refractivity contribution in [2.45, 2.75) is 19.4 Å². The molecule has 21 heavy (non-hydrogen) atoms. The lowest BCUT2D eigenvalue weighted by Crippen LogP contribution is -2.23. The second kappa shape index (κ2) is 7.64. The zero-order chi connectivity index (χ0) is 15.2. The van der Waals surface area contributed by atoms with Gasteiger partial charge in [-0.2, -0.15) is 0 Å². The monoisotopic (exact) mass is 324 g/mol. The normalized spacial score (nSPS) is 12.2. The summed E-state index contributed by atoms with van der Waals surface area (Å²) in [7, 11) is 1.63. The molecule has 112 valence electrons. The highest BCUT2D eigenvalue weighted by molar-refractivity contribution is 6.42. The zero-order valence-electron chi connectivity index (χ0n) is 12.1. The molecule has 0 radical (unpaired) electrons. The third-order valence-corrected chi connectivity index (χ3v) is 3.98. The Balaban J connectivity index is 2.28. The number of likely N-dealkylation sites (N-methyl/N-ethyl adjacent to an activating group) is 1. The van der Waals surface area contributed by atoms with Gasteiger partial charge in [0.25, 0.3) is 0 Å². The van der Waals surface area contributed by atoms with E-state index in [1.54, 1.807) is 13.3 Å². The van der Waals surface area contributed by atoms with E-state index in [-0.39, 0.29) is 6.04 Å². The van der Waals surface area contributed by atoms with Crippen LogP contribution >= 0.6 is 23.2 Å². The molecule has 0 saturated heterocycles. The molecule has 0 spiro atoms. The van der Waals surface area contributed by atoms with E-state index in [1.165, 1.54) is 0 Å². The lowest BCUT2D eigenvalue weighted by atomic mass is 9.99. The molecule has 3 nitrogen and oxygen atoms in total. The maximum absolute atomic E-state index is 6.09. The Labute approximate surface area is 135 Å². The Hall–Kier alpha value is -1.29. The smallest absolute Gasteiger partial charge is 0.217 e.